The number of benzene rings is 3. The summed E-state index contributed by atoms with van der Waals surface area (Å²) in [6.45, 7) is 1.54. The van der Waals surface area contributed by atoms with E-state index in [4.69, 9.17) is 9.47 Å². The molecule has 0 unspecified atom stereocenters. The molecule has 8 rings (SSSR count). The fraction of sp³-hybridized carbons (Fsp3) is 0.457. The van der Waals surface area contributed by atoms with Gasteiger partial charge in [-0.1, -0.05) is 79.3 Å². The highest BCUT2D eigenvalue weighted by atomic mass is 16.6. The number of aliphatic hydroxyl groups excluding tert-OH is 1. The van der Waals surface area contributed by atoms with Crippen LogP contribution in [0.3, 0.4) is 0 Å². The minimum atomic E-state index is -1.56. The van der Waals surface area contributed by atoms with Crippen molar-refractivity contribution in [3.8, 4) is 23.3 Å². The molecule has 2 aliphatic carbocycles. The normalized spacial score (nSPS) is 30.2. The molecule has 1 spiro atoms. The summed E-state index contributed by atoms with van der Waals surface area (Å²) in [5, 5.41) is 34.0. The number of esters is 2. The third kappa shape index (κ3) is 7.00. The number of hydrogen-bond donors (Lipinski definition) is 3. The molecule has 0 saturated heterocycles. The highest BCUT2D eigenvalue weighted by Gasteiger charge is 2.47. The number of aliphatic hydroxyl groups is 2. The molecule has 2 saturated carbocycles. The molecule has 280 valence electrons. The fourth-order valence-corrected chi connectivity index (χ4v) is 9.73. The Balaban J connectivity index is 1.32. The van der Waals surface area contributed by atoms with E-state index in [1.165, 1.54) is 11.6 Å². The number of ketones is 1. The van der Waals surface area contributed by atoms with Crippen LogP contribution in [0.2, 0.25) is 0 Å². The Morgan fingerprint density at radius 3 is 2.52 bits per heavy atom. The summed E-state index contributed by atoms with van der Waals surface area (Å²) in [4.78, 5) is 41.1. The quantitative estimate of drug-likeness (QED) is 0.146. The summed E-state index contributed by atoms with van der Waals surface area (Å²) in [6, 6.07) is 19.3. The SMILES string of the molecule is C[C@]1(O)[C@H]2CCC(=O)[C@@H](Cc3cccc(c3)C3(C/C=C4/C[C@@H](c5cccc(CO)c5)C#C[C@H]5CC(=O)Oc6cc(O)c(cc65)C[C@H]1OC4=O)CCCC3)C2. The van der Waals surface area contributed by atoms with Crippen LogP contribution in [0.25, 0.3) is 0 Å². The van der Waals surface area contributed by atoms with Crippen molar-refractivity contribution in [1.82, 2.24) is 0 Å². The molecule has 6 atom stereocenters. The van der Waals surface area contributed by atoms with Crippen molar-refractivity contribution in [2.45, 2.75) is 120 Å². The molecule has 3 aromatic rings. The Morgan fingerprint density at radius 2 is 1.70 bits per heavy atom. The topological polar surface area (TPSA) is 130 Å². The molecule has 3 aliphatic heterocycles. The van der Waals surface area contributed by atoms with Crippen molar-refractivity contribution in [2.24, 2.45) is 11.8 Å². The van der Waals surface area contributed by atoms with Crippen molar-refractivity contribution < 1.29 is 39.2 Å². The number of allylic oxidation sites excluding steroid dienone is 1. The molecule has 3 N–H and O–H groups in total. The molecule has 0 aromatic heterocycles. The van der Waals surface area contributed by atoms with Gasteiger partial charge in [0.05, 0.1) is 18.9 Å². The van der Waals surface area contributed by atoms with Crippen molar-refractivity contribution in [1.29, 1.82) is 0 Å². The first-order valence-corrected chi connectivity index (χ1v) is 19.5. The third-order valence-corrected chi connectivity index (χ3v) is 13.1. The number of ether oxygens (including phenoxy) is 2. The van der Waals surface area contributed by atoms with E-state index in [0.717, 1.165) is 36.8 Å². The minimum absolute atomic E-state index is 0.00102. The lowest BCUT2D eigenvalue weighted by atomic mass is 9.68. The molecule has 0 amide bonds. The first-order valence-electron chi connectivity index (χ1n) is 19.5. The number of rotatable bonds is 2. The first-order chi connectivity index (χ1) is 26.0. The van der Waals surface area contributed by atoms with Gasteiger partial charge in [0.2, 0.25) is 0 Å². The predicted molar refractivity (Wildman–Crippen MR) is 202 cm³/mol. The van der Waals surface area contributed by atoms with Gasteiger partial charge in [0, 0.05) is 41.9 Å². The van der Waals surface area contributed by atoms with Gasteiger partial charge in [-0.2, -0.15) is 0 Å². The van der Waals surface area contributed by atoms with Gasteiger partial charge in [0.25, 0.3) is 0 Å². The number of carbonyl (C=O) groups excluding carboxylic acids is 3. The second-order valence-corrected chi connectivity index (χ2v) is 16.5. The summed E-state index contributed by atoms with van der Waals surface area (Å²) in [7, 11) is 0. The zero-order valence-electron chi connectivity index (χ0n) is 30.8. The number of Topliss-reactive ketones (excluding diaryl/α,β-unsaturated/α-hetero) is 1. The van der Waals surface area contributed by atoms with Crippen LogP contribution in [0.15, 0.2) is 72.3 Å². The summed E-state index contributed by atoms with van der Waals surface area (Å²) >= 11 is 0. The van der Waals surface area contributed by atoms with Crippen molar-refractivity contribution in [3.63, 3.8) is 0 Å². The Bertz CT molecular complexity index is 2070. The van der Waals surface area contributed by atoms with E-state index >= 15 is 0 Å². The van der Waals surface area contributed by atoms with Crippen molar-refractivity contribution in [3.05, 3.63) is 106 Å². The Kier molecular flexibility index (Phi) is 9.74. The fourth-order valence-electron chi connectivity index (χ4n) is 9.73. The van der Waals surface area contributed by atoms with E-state index in [1.807, 2.05) is 30.3 Å². The van der Waals surface area contributed by atoms with Gasteiger partial charge < -0.3 is 24.8 Å². The van der Waals surface area contributed by atoms with E-state index in [0.29, 0.717) is 54.4 Å². The second kappa shape index (κ2) is 14.5. The maximum Gasteiger partial charge on any atom is 0.334 e. The number of phenolic OH excluding ortho intramolecular Hbond substituents is 1. The van der Waals surface area contributed by atoms with Crippen LogP contribution >= 0.6 is 0 Å². The Hall–Kier alpha value is -4.71. The van der Waals surface area contributed by atoms with Crippen LogP contribution in [-0.4, -0.2) is 44.7 Å². The maximum absolute atomic E-state index is 14.8. The van der Waals surface area contributed by atoms with Gasteiger partial charge >= 0.3 is 11.9 Å². The molecule has 5 aliphatic rings. The molecule has 2 fully saturated rings. The molecule has 8 nitrogen and oxygen atoms in total. The first kappa shape index (κ1) is 36.3. The average molecular weight is 729 g/mol. The lowest BCUT2D eigenvalue weighted by Crippen LogP contribution is -2.52. The maximum atomic E-state index is 14.8. The minimum Gasteiger partial charge on any atom is -0.508 e. The lowest BCUT2D eigenvalue weighted by Gasteiger charge is -2.42. The molecular weight excluding hydrogens is 680 g/mol. The summed E-state index contributed by atoms with van der Waals surface area (Å²) in [5.41, 5.74) is 3.63. The molecule has 0 radical (unpaired) electrons. The smallest absolute Gasteiger partial charge is 0.334 e. The predicted octanol–water partition coefficient (Wildman–Crippen LogP) is 7.04. The number of hydrogen-bond acceptors (Lipinski definition) is 8. The van der Waals surface area contributed by atoms with Crippen molar-refractivity contribution >= 4 is 17.7 Å². The highest BCUT2D eigenvalue weighted by Crippen LogP contribution is 2.47. The molecule has 8 heteroatoms. The Morgan fingerprint density at radius 1 is 0.907 bits per heavy atom. The average Bonchev–Trinajstić information content (AvgIpc) is 3.65. The summed E-state index contributed by atoms with van der Waals surface area (Å²) < 4.78 is 12.1. The van der Waals surface area contributed by atoms with Crippen LogP contribution in [0.1, 0.15) is 116 Å². The second-order valence-electron chi connectivity index (χ2n) is 16.5. The van der Waals surface area contributed by atoms with Gasteiger partial charge in [-0.05, 0) is 97.1 Å². The summed E-state index contributed by atoms with van der Waals surface area (Å²) in [5.74, 6) is 4.39. The highest BCUT2D eigenvalue weighted by molar-refractivity contribution is 5.89. The van der Waals surface area contributed by atoms with E-state index in [9.17, 15) is 29.7 Å². The standard InChI is InChI=1S/C46H48O8/c1-45(52)36-12-13-39(48)34(22-36)18-28-6-5-9-37(20-28)46(15-2-3-16-46)17-14-33-21-31(30-8-4-7-29(19-30)27-47)10-11-32-25-43(50)53-41-26-40(49)35(23-38(32)41)24-42(45)54-44(33)51/h4-9,14,19-20,23,26,31-32,34,36,42,47,49,52H,2-3,12-13,15-18,21-22,24-25,27H2,1H3/b33-14-/t31-,32-,34-,36-,42+,45-/m0/s1. The van der Waals surface area contributed by atoms with Gasteiger partial charge in [-0.25, -0.2) is 4.79 Å². The van der Waals surface area contributed by atoms with Crippen molar-refractivity contribution in [2.75, 3.05) is 0 Å². The van der Waals surface area contributed by atoms with Gasteiger partial charge in [-0.3, -0.25) is 9.59 Å². The number of phenols is 1. The van der Waals surface area contributed by atoms with E-state index in [2.05, 4.69) is 36.1 Å². The monoisotopic (exact) mass is 728 g/mol. The molecular formula is C46H48O8. The Labute approximate surface area is 316 Å². The van der Waals surface area contributed by atoms with Gasteiger partial charge in [-0.15, -0.1) is 0 Å². The number of fused-ring (bicyclic) bond motifs is 9. The van der Waals surface area contributed by atoms with E-state index < -0.39 is 35.5 Å². The van der Waals surface area contributed by atoms with Crippen LogP contribution in [0, 0.1) is 23.7 Å². The van der Waals surface area contributed by atoms with Crippen LogP contribution in [0.5, 0.6) is 11.5 Å². The number of aromatic hydroxyl groups is 1. The van der Waals surface area contributed by atoms with E-state index in [1.54, 1.807) is 13.0 Å². The molecule has 3 heterocycles. The number of carbonyl (C=O) groups is 3. The van der Waals surface area contributed by atoms with Gasteiger partial charge in [0.15, 0.2) is 0 Å². The molecule has 8 bridgehead atoms. The zero-order valence-corrected chi connectivity index (χ0v) is 30.8. The van der Waals surface area contributed by atoms with Crippen LogP contribution < -0.4 is 4.74 Å². The largest absolute Gasteiger partial charge is 0.508 e. The lowest BCUT2D eigenvalue weighted by molar-refractivity contribution is -0.170. The third-order valence-electron chi connectivity index (χ3n) is 13.1. The molecule has 3 aromatic carbocycles. The zero-order chi connectivity index (χ0) is 37.6. The van der Waals surface area contributed by atoms with Crippen LogP contribution in [-0.2, 0) is 44.0 Å². The van der Waals surface area contributed by atoms with E-state index in [-0.39, 0.29) is 60.4 Å². The van der Waals surface area contributed by atoms with Crippen LogP contribution in [0.4, 0.5) is 0 Å². The summed E-state index contributed by atoms with van der Waals surface area (Å²) in [6.07, 6.45) is 7.65. The van der Waals surface area contributed by atoms with Gasteiger partial charge in [0.1, 0.15) is 29.0 Å². The molecule has 54 heavy (non-hydrogen) atoms.